The van der Waals surface area contributed by atoms with Crippen LogP contribution in [0.4, 0.5) is 0 Å². The van der Waals surface area contributed by atoms with Crippen molar-refractivity contribution in [1.29, 1.82) is 0 Å². The number of aromatic carboxylic acids is 2. The van der Waals surface area contributed by atoms with Crippen molar-refractivity contribution in [3.05, 3.63) is 51.5 Å². The number of benzene rings is 1. The maximum absolute atomic E-state index is 10.8. The van der Waals surface area contributed by atoms with Crippen molar-refractivity contribution in [2.45, 2.75) is 6.42 Å². The lowest BCUT2D eigenvalue weighted by atomic mass is 10.1. The Hall–Kier alpha value is -2.21. The molecule has 0 amide bonds. The van der Waals surface area contributed by atoms with Crippen molar-refractivity contribution in [3.63, 3.8) is 0 Å². The summed E-state index contributed by atoms with van der Waals surface area (Å²) in [5.41, 5.74) is 1.02. The Morgan fingerprint density at radius 3 is 2.61 bits per heavy atom. The summed E-state index contributed by atoms with van der Waals surface area (Å²) in [4.78, 5) is 25.4. The number of hydrogen-bond acceptors (Lipinski definition) is 4. The fraction of sp³-hybridized carbons (Fsp3) is 0.0833. The third kappa shape index (κ3) is 2.72. The standard InChI is InChI=1S/C12H9NO4S/c14-11(15)8-3-1-2-7(4-8)5-10-13-9(6-18-10)12(16)17/h1-4,6H,5H2,(H,14,15)(H,16,17). The van der Waals surface area contributed by atoms with Crippen LogP contribution in [0.5, 0.6) is 0 Å². The fourth-order valence-corrected chi connectivity index (χ4v) is 2.28. The Bertz CT molecular complexity index is 606. The van der Waals surface area contributed by atoms with Gasteiger partial charge < -0.3 is 10.2 Å². The highest BCUT2D eigenvalue weighted by molar-refractivity contribution is 7.09. The molecule has 1 aromatic carbocycles. The van der Waals surface area contributed by atoms with Crippen molar-refractivity contribution in [2.24, 2.45) is 0 Å². The van der Waals surface area contributed by atoms with Crippen LogP contribution in [0.1, 0.15) is 31.4 Å². The quantitative estimate of drug-likeness (QED) is 0.882. The highest BCUT2D eigenvalue weighted by Gasteiger charge is 2.10. The van der Waals surface area contributed by atoms with E-state index in [0.29, 0.717) is 11.4 Å². The molecule has 0 fully saturated rings. The maximum atomic E-state index is 10.8. The third-order valence-electron chi connectivity index (χ3n) is 2.30. The summed E-state index contributed by atoms with van der Waals surface area (Å²) in [5, 5.41) is 19.7. The number of carbonyl (C=O) groups is 2. The zero-order valence-electron chi connectivity index (χ0n) is 9.16. The van der Waals surface area contributed by atoms with E-state index in [0.717, 1.165) is 5.56 Å². The van der Waals surface area contributed by atoms with Gasteiger partial charge in [0, 0.05) is 11.8 Å². The highest BCUT2D eigenvalue weighted by atomic mass is 32.1. The van der Waals surface area contributed by atoms with Gasteiger partial charge in [-0.25, -0.2) is 14.6 Å². The van der Waals surface area contributed by atoms with E-state index in [1.807, 2.05) is 0 Å². The van der Waals surface area contributed by atoms with Gasteiger partial charge in [0.1, 0.15) is 0 Å². The summed E-state index contributed by atoms with van der Waals surface area (Å²) in [6, 6.07) is 6.51. The van der Waals surface area contributed by atoms with E-state index in [9.17, 15) is 9.59 Å². The van der Waals surface area contributed by atoms with Crippen LogP contribution in [0, 0.1) is 0 Å². The second kappa shape index (κ2) is 4.97. The molecule has 5 nitrogen and oxygen atoms in total. The first kappa shape index (κ1) is 12.3. The second-order valence-corrected chi connectivity index (χ2v) is 4.56. The lowest BCUT2D eigenvalue weighted by Crippen LogP contribution is -1.99. The van der Waals surface area contributed by atoms with E-state index in [1.54, 1.807) is 18.2 Å². The van der Waals surface area contributed by atoms with Crippen LogP contribution in [0.3, 0.4) is 0 Å². The van der Waals surface area contributed by atoms with E-state index in [-0.39, 0.29) is 11.3 Å². The second-order valence-electron chi connectivity index (χ2n) is 3.61. The minimum Gasteiger partial charge on any atom is -0.478 e. The fourth-order valence-electron chi connectivity index (χ4n) is 1.48. The van der Waals surface area contributed by atoms with Crippen LogP contribution >= 0.6 is 11.3 Å². The molecule has 0 radical (unpaired) electrons. The number of carboxylic acids is 2. The summed E-state index contributed by atoms with van der Waals surface area (Å²) in [7, 11) is 0. The smallest absolute Gasteiger partial charge is 0.355 e. The Kier molecular flexibility index (Phi) is 3.38. The van der Waals surface area contributed by atoms with Gasteiger partial charge >= 0.3 is 11.9 Å². The molecule has 1 aromatic heterocycles. The van der Waals surface area contributed by atoms with Crippen molar-refractivity contribution in [2.75, 3.05) is 0 Å². The summed E-state index contributed by atoms with van der Waals surface area (Å²) in [6.45, 7) is 0. The molecule has 1 heterocycles. The normalized spacial score (nSPS) is 10.2. The van der Waals surface area contributed by atoms with Gasteiger partial charge in [0.25, 0.3) is 0 Å². The molecule has 18 heavy (non-hydrogen) atoms. The first-order valence-electron chi connectivity index (χ1n) is 5.06. The molecule has 0 aliphatic rings. The molecule has 0 saturated heterocycles. The minimum atomic E-state index is -1.06. The predicted molar refractivity (Wildman–Crippen MR) is 65.3 cm³/mol. The number of rotatable bonds is 4. The van der Waals surface area contributed by atoms with Crippen molar-refractivity contribution < 1.29 is 19.8 Å². The molecule has 6 heteroatoms. The average Bonchev–Trinajstić information content (AvgIpc) is 2.78. The van der Waals surface area contributed by atoms with Gasteiger partial charge in [-0.15, -0.1) is 11.3 Å². The van der Waals surface area contributed by atoms with E-state index >= 15 is 0 Å². The summed E-state index contributed by atoms with van der Waals surface area (Å²) >= 11 is 1.25. The number of aromatic nitrogens is 1. The van der Waals surface area contributed by atoms with E-state index < -0.39 is 11.9 Å². The average molecular weight is 263 g/mol. The van der Waals surface area contributed by atoms with Crippen LogP contribution in [0.15, 0.2) is 29.6 Å². The molecule has 2 N–H and O–H groups in total. The van der Waals surface area contributed by atoms with Gasteiger partial charge in [0.15, 0.2) is 5.69 Å². The molecule has 2 rings (SSSR count). The van der Waals surface area contributed by atoms with Gasteiger partial charge in [-0.2, -0.15) is 0 Å². The Balaban J connectivity index is 2.20. The molecule has 92 valence electrons. The van der Waals surface area contributed by atoms with Gasteiger partial charge in [-0.1, -0.05) is 12.1 Å². The maximum Gasteiger partial charge on any atom is 0.355 e. The SMILES string of the molecule is O=C(O)c1cccc(Cc2nc(C(=O)O)cs2)c1. The number of hydrogen-bond donors (Lipinski definition) is 2. The minimum absolute atomic E-state index is 0.0180. The van der Waals surface area contributed by atoms with E-state index in [1.165, 1.54) is 22.8 Å². The molecule has 0 atom stereocenters. The van der Waals surface area contributed by atoms with Crippen LogP contribution in [0.25, 0.3) is 0 Å². The van der Waals surface area contributed by atoms with E-state index in [4.69, 9.17) is 10.2 Å². The first-order chi connectivity index (χ1) is 8.56. The molecule has 0 spiro atoms. The van der Waals surface area contributed by atoms with Crippen LogP contribution in [-0.2, 0) is 6.42 Å². The van der Waals surface area contributed by atoms with Gasteiger partial charge in [0.05, 0.1) is 10.6 Å². The van der Waals surface area contributed by atoms with Crippen molar-refractivity contribution >= 4 is 23.3 Å². The summed E-state index contributed by atoms with van der Waals surface area (Å²) in [6.07, 6.45) is 0.430. The molecular formula is C12H9NO4S. The Morgan fingerprint density at radius 2 is 2.00 bits per heavy atom. The molecule has 0 aliphatic carbocycles. The first-order valence-corrected chi connectivity index (χ1v) is 5.94. The van der Waals surface area contributed by atoms with Crippen LogP contribution < -0.4 is 0 Å². The summed E-state index contributed by atoms with van der Waals surface area (Å²) in [5.74, 6) is -2.04. The number of nitrogens with zero attached hydrogens (tertiary/aromatic N) is 1. The van der Waals surface area contributed by atoms with Gasteiger partial charge in [-0.3, -0.25) is 0 Å². The van der Waals surface area contributed by atoms with Crippen LogP contribution in [0.2, 0.25) is 0 Å². The molecule has 0 bridgehead atoms. The zero-order chi connectivity index (χ0) is 13.1. The van der Waals surface area contributed by atoms with Gasteiger partial charge in [0.2, 0.25) is 0 Å². The highest BCUT2D eigenvalue weighted by Crippen LogP contribution is 2.16. The molecular weight excluding hydrogens is 254 g/mol. The monoisotopic (exact) mass is 263 g/mol. The Morgan fingerprint density at radius 1 is 1.22 bits per heavy atom. The predicted octanol–water partition coefficient (Wildman–Crippen LogP) is 2.13. The molecule has 2 aromatic rings. The van der Waals surface area contributed by atoms with Crippen molar-refractivity contribution in [1.82, 2.24) is 4.98 Å². The topological polar surface area (TPSA) is 87.5 Å². The Labute approximate surface area is 106 Å². The van der Waals surface area contributed by atoms with Crippen LogP contribution in [-0.4, -0.2) is 27.1 Å². The zero-order valence-corrected chi connectivity index (χ0v) is 9.98. The lowest BCUT2D eigenvalue weighted by Gasteiger charge is -1.99. The van der Waals surface area contributed by atoms with E-state index in [2.05, 4.69) is 4.98 Å². The lowest BCUT2D eigenvalue weighted by molar-refractivity contribution is 0.0683. The molecule has 0 saturated carbocycles. The number of carboxylic acid groups (broad SMARTS) is 2. The third-order valence-corrected chi connectivity index (χ3v) is 3.15. The number of thiazole rings is 1. The van der Waals surface area contributed by atoms with Crippen molar-refractivity contribution in [3.8, 4) is 0 Å². The largest absolute Gasteiger partial charge is 0.478 e. The molecule has 0 aliphatic heterocycles. The van der Waals surface area contributed by atoms with Gasteiger partial charge in [-0.05, 0) is 17.7 Å². The summed E-state index contributed by atoms with van der Waals surface area (Å²) < 4.78 is 0. The molecule has 0 unspecified atom stereocenters.